The molecule has 4 heteroatoms. The summed E-state index contributed by atoms with van der Waals surface area (Å²) in [7, 11) is 0. The van der Waals surface area contributed by atoms with Crippen LogP contribution in [0.5, 0.6) is 0 Å². The molecule has 1 atom stereocenters. The zero-order chi connectivity index (χ0) is 11.8. The Hall–Kier alpha value is -1.16. The van der Waals surface area contributed by atoms with Gasteiger partial charge in [-0.25, -0.2) is 9.97 Å². The quantitative estimate of drug-likeness (QED) is 0.815. The van der Waals surface area contributed by atoms with E-state index in [-0.39, 0.29) is 5.41 Å². The molecule has 1 unspecified atom stereocenters. The molecule has 0 aliphatic carbocycles. The van der Waals surface area contributed by atoms with Crippen LogP contribution < -0.4 is 10.6 Å². The van der Waals surface area contributed by atoms with Gasteiger partial charge in [-0.2, -0.15) is 0 Å². The molecule has 16 heavy (non-hydrogen) atoms. The second-order valence-electron chi connectivity index (χ2n) is 5.10. The maximum atomic E-state index is 5.81. The monoisotopic (exact) mass is 220 g/mol. The second kappa shape index (κ2) is 4.01. The van der Waals surface area contributed by atoms with Crippen LogP contribution in [-0.2, 0) is 0 Å². The van der Waals surface area contributed by atoms with E-state index in [1.165, 1.54) is 0 Å². The summed E-state index contributed by atoms with van der Waals surface area (Å²) < 4.78 is 0. The van der Waals surface area contributed by atoms with Crippen molar-refractivity contribution < 1.29 is 0 Å². The number of anilines is 1. The molecule has 1 aliphatic heterocycles. The van der Waals surface area contributed by atoms with E-state index in [2.05, 4.69) is 27.9 Å². The van der Waals surface area contributed by atoms with Gasteiger partial charge in [0.2, 0.25) is 0 Å². The molecular formula is C12H20N4. The molecule has 4 nitrogen and oxygen atoms in total. The molecule has 2 N–H and O–H groups in total. The van der Waals surface area contributed by atoms with E-state index < -0.39 is 0 Å². The predicted molar refractivity (Wildman–Crippen MR) is 65.5 cm³/mol. The smallest absolute Gasteiger partial charge is 0.132 e. The summed E-state index contributed by atoms with van der Waals surface area (Å²) in [5.74, 6) is 1.89. The first kappa shape index (κ1) is 11.3. The highest BCUT2D eigenvalue weighted by Crippen LogP contribution is 2.31. The minimum Gasteiger partial charge on any atom is -0.356 e. The van der Waals surface area contributed by atoms with E-state index in [1.807, 2.05) is 13.8 Å². The van der Waals surface area contributed by atoms with Gasteiger partial charge < -0.3 is 10.6 Å². The van der Waals surface area contributed by atoms with Crippen molar-refractivity contribution in [1.29, 1.82) is 0 Å². The zero-order valence-electron chi connectivity index (χ0n) is 10.3. The van der Waals surface area contributed by atoms with Gasteiger partial charge in [-0.1, -0.05) is 6.92 Å². The van der Waals surface area contributed by atoms with Crippen LogP contribution >= 0.6 is 0 Å². The molecule has 1 fully saturated rings. The van der Waals surface area contributed by atoms with Gasteiger partial charge in [0.1, 0.15) is 11.6 Å². The van der Waals surface area contributed by atoms with Crippen LogP contribution in [0.2, 0.25) is 0 Å². The van der Waals surface area contributed by atoms with Crippen LogP contribution in [0, 0.1) is 19.3 Å². The minimum atomic E-state index is 0.243. The van der Waals surface area contributed by atoms with Gasteiger partial charge in [-0.15, -0.1) is 0 Å². The first-order chi connectivity index (χ1) is 7.52. The van der Waals surface area contributed by atoms with Crippen LogP contribution in [0.1, 0.15) is 24.9 Å². The predicted octanol–water partition coefficient (Wildman–Crippen LogP) is 1.27. The third kappa shape index (κ3) is 2.16. The average Bonchev–Trinajstić information content (AvgIpc) is 2.61. The molecule has 0 amide bonds. The lowest BCUT2D eigenvalue weighted by atomic mass is 9.90. The third-order valence-corrected chi connectivity index (χ3v) is 3.33. The molecule has 0 aromatic carbocycles. The lowest BCUT2D eigenvalue weighted by Gasteiger charge is -2.23. The highest BCUT2D eigenvalue weighted by atomic mass is 15.2. The SMILES string of the molecule is Cc1cc(N2CCC(C)(CN)C2)nc(C)n1. The average molecular weight is 220 g/mol. The van der Waals surface area contributed by atoms with Crippen molar-refractivity contribution in [2.45, 2.75) is 27.2 Å². The molecule has 1 aliphatic rings. The van der Waals surface area contributed by atoms with E-state index >= 15 is 0 Å². The van der Waals surface area contributed by atoms with Crippen LogP contribution in [0.3, 0.4) is 0 Å². The summed E-state index contributed by atoms with van der Waals surface area (Å²) in [6, 6.07) is 2.05. The Morgan fingerprint density at radius 1 is 1.44 bits per heavy atom. The standard InChI is InChI=1S/C12H20N4/c1-9-6-11(15-10(2)14-9)16-5-4-12(3,7-13)8-16/h6H,4-5,7-8,13H2,1-3H3. The Bertz CT molecular complexity index is 370. The van der Waals surface area contributed by atoms with E-state index in [0.29, 0.717) is 0 Å². The Kier molecular flexibility index (Phi) is 2.84. The lowest BCUT2D eigenvalue weighted by Crippen LogP contribution is -2.31. The van der Waals surface area contributed by atoms with Gasteiger partial charge in [0.15, 0.2) is 0 Å². The Morgan fingerprint density at radius 3 is 2.75 bits per heavy atom. The second-order valence-corrected chi connectivity index (χ2v) is 5.10. The van der Waals surface area contributed by atoms with E-state index in [1.54, 1.807) is 0 Å². The van der Waals surface area contributed by atoms with Crippen molar-refractivity contribution >= 4 is 5.82 Å². The highest BCUT2D eigenvalue weighted by molar-refractivity contribution is 5.41. The third-order valence-electron chi connectivity index (χ3n) is 3.33. The molecule has 2 heterocycles. The first-order valence-electron chi connectivity index (χ1n) is 5.80. The van der Waals surface area contributed by atoms with Crippen LogP contribution in [-0.4, -0.2) is 29.6 Å². The van der Waals surface area contributed by atoms with E-state index in [4.69, 9.17) is 5.73 Å². The van der Waals surface area contributed by atoms with Crippen molar-refractivity contribution in [2.75, 3.05) is 24.5 Å². The molecule has 1 aromatic heterocycles. The zero-order valence-corrected chi connectivity index (χ0v) is 10.3. The summed E-state index contributed by atoms with van der Waals surface area (Å²) in [4.78, 5) is 11.1. The number of nitrogens with two attached hydrogens (primary N) is 1. The lowest BCUT2D eigenvalue weighted by molar-refractivity contribution is 0.383. The number of aromatic nitrogens is 2. The van der Waals surface area contributed by atoms with Gasteiger partial charge in [0.05, 0.1) is 0 Å². The molecule has 0 bridgehead atoms. The first-order valence-corrected chi connectivity index (χ1v) is 5.80. The topological polar surface area (TPSA) is 55.0 Å². The summed E-state index contributed by atoms with van der Waals surface area (Å²) in [5, 5.41) is 0. The molecular weight excluding hydrogens is 200 g/mol. The molecule has 0 radical (unpaired) electrons. The molecule has 1 saturated heterocycles. The van der Waals surface area contributed by atoms with Gasteiger partial charge in [-0.05, 0) is 32.2 Å². The number of nitrogens with zero attached hydrogens (tertiary/aromatic N) is 3. The van der Waals surface area contributed by atoms with Crippen molar-refractivity contribution in [2.24, 2.45) is 11.1 Å². The summed E-state index contributed by atoms with van der Waals surface area (Å²) >= 11 is 0. The summed E-state index contributed by atoms with van der Waals surface area (Å²) in [6.07, 6.45) is 1.14. The van der Waals surface area contributed by atoms with Gasteiger partial charge in [0, 0.05) is 24.8 Å². The number of aryl methyl sites for hydroxylation is 2. The Morgan fingerprint density at radius 2 is 2.19 bits per heavy atom. The van der Waals surface area contributed by atoms with Crippen LogP contribution in [0.25, 0.3) is 0 Å². The van der Waals surface area contributed by atoms with Gasteiger partial charge in [0.25, 0.3) is 0 Å². The molecule has 0 spiro atoms. The van der Waals surface area contributed by atoms with Crippen molar-refractivity contribution in [3.63, 3.8) is 0 Å². The minimum absolute atomic E-state index is 0.243. The number of rotatable bonds is 2. The molecule has 0 saturated carbocycles. The van der Waals surface area contributed by atoms with Crippen molar-refractivity contribution in [1.82, 2.24) is 9.97 Å². The maximum Gasteiger partial charge on any atom is 0.132 e. The summed E-state index contributed by atoms with van der Waals surface area (Å²) in [5.41, 5.74) is 7.08. The van der Waals surface area contributed by atoms with Gasteiger partial charge in [-0.3, -0.25) is 0 Å². The number of hydrogen-bond donors (Lipinski definition) is 1. The highest BCUT2D eigenvalue weighted by Gasteiger charge is 2.33. The van der Waals surface area contributed by atoms with Crippen LogP contribution in [0.4, 0.5) is 5.82 Å². The Balaban J connectivity index is 2.20. The maximum absolute atomic E-state index is 5.81. The summed E-state index contributed by atoms with van der Waals surface area (Å²) in [6.45, 7) is 8.98. The fourth-order valence-corrected chi connectivity index (χ4v) is 2.25. The van der Waals surface area contributed by atoms with Crippen molar-refractivity contribution in [3.05, 3.63) is 17.6 Å². The fourth-order valence-electron chi connectivity index (χ4n) is 2.25. The molecule has 2 rings (SSSR count). The van der Waals surface area contributed by atoms with E-state index in [9.17, 15) is 0 Å². The molecule has 88 valence electrons. The molecule has 1 aromatic rings. The largest absolute Gasteiger partial charge is 0.356 e. The van der Waals surface area contributed by atoms with Crippen molar-refractivity contribution in [3.8, 4) is 0 Å². The van der Waals surface area contributed by atoms with Crippen LogP contribution in [0.15, 0.2) is 6.07 Å². The normalized spacial score (nSPS) is 25.1. The number of hydrogen-bond acceptors (Lipinski definition) is 4. The van der Waals surface area contributed by atoms with Gasteiger partial charge >= 0.3 is 0 Å². The Labute approximate surface area is 96.9 Å². The fraction of sp³-hybridized carbons (Fsp3) is 0.667. The van der Waals surface area contributed by atoms with E-state index in [0.717, 1.165) is 43.4 Å².